The number of hydrogen-bond acceptors (Lipinski definition) is 3. The van der Waals surface area contributed by atoms with Gasteiger partial charge in [0.2, 0.25) is 0 Å². The van der Waals surface area contributed by atoms with Gasteiger partial charge in [0.15, 0.2) is 0 Å². The van der Waals surface area contributed by atoms with Crippen molar-refractivity contribution in [1.82, 2.24) is 5.32 Å². The van der Waals surface area contributed by atoms with Crippen molar-refractivity contribution in [1.29, 1.82) is 0 Å². The summed E-state index contributed by atoms with van der Waals surface area (Å²) in [6.45, 7) is 2.05. The molecule has 1 aliphatic carbocycles. The number of hydrogen-bond donors (Lipinski definition) is 2. The summed E-state index contributed by atoms with van der Waals surface area (Å²) in [4.78, 5) is 0. The molecular formula is C13H21NOS. The topological polar surface area (TPSA) is 32.3 Å². The molecule has 2 atom stereocenters. The molecule has 1 aromatic rings. The van der Waals surface area contributed by atoms with Crippen molar-refractivity contribution in [2.75, 3.05) is 6.54 Å². The minimum absolute atomic E-state index is 0.0168. The van der Waals surface area contributed by atoms with Crippen LogP contribution >= 0.6 is 11.3 Å². The van der Waals surface area contributed by atoms with Crippen molar-refractivity contribution in [2.45, 2.75) is 44.8 Å². The lowest BCUT2D eigenvalue weighted by Crippen LogP contribution is -2.18. The van der Waals surface area contributed by atoms with Gasteiger partial charge in [-0.2, -0.15) is 11.3 Å². The van der Waals surface area contributed by atoms with Crippen molar-refractivity contribution in [3.8, 4) is 0 Å². The van der Waals surface area contributed by atoms with Gasteiger partial charge in [-0.1, -0.05) is 6.42 Å². The lowest BCUT2D eigenvalue weighted by atomic mass is 10.00. The first-order valence-electron chi connectivity index (χ1n) is 6.26. The van der Waals surface area contributed by atoms with Crippen LogP contribution < -0.4 is 5.32 Å². The van der Waals surface area contributed by atoms with E-state index >= 15 is 0 Å². The molecule has 1 heterocycles. The van der Waals surface area contributed by atoms with E-state index in [1.165, 1.54) is 31.2 Å². The molecule has 1 saturated carbocycles. The predicted molar refractivity (Wildman–Crippen MR) is 68.6 cm³/mol. The van der Waals surface area contributed by atoms with Crippen LogP contribution in [-0.2, 0) is 6.54 Å². The predicted octanol–water partition coefficient (Wildman–Crippen LogP) is 2.78. The monoisotopic (exact) mass is 239 g/mol. The molecule has 0 saturated heterocycles. The third-order valence-electron chi connectivity index (χ3n) is 3.46. The van der Waals surface area contributed by atoms with Gasteiger partial charge in [0.25, 0.3) is 0 Å². The summed E-state index contributed by atoms with van der Waals surface area (Å²) in [7, 11) is 0. The Kier molecular flexibility index (Phi) is 4.82. The number of aliphatic hydroxyl groups excluding tert-OH is 1. The van der Waals surface area contributed by atoms with Gasteiger partial charge in [-0.25, -0.2) is 0 Å². The zero-order valence-corrected chi connectivity index (χ0v) is 10.5. The SMILES string of the molecule is OC1CCCC1CCCNCc1ccsc1. The molecule has 0 amide bonds. The first kappa shape index (κ1) is 12.1. The maximum absolute atomic E-state index is 9.68. The fraction of sp³-hybridized carbons (Fsp3) is 0.692. The van der Waals surface area contributed by atoms with Crippen LogP contribution in [0.25, 0.3) is 0 Å². The zero-order chi connectivity index (χ0) is 11.2. The van der Waals surface area contributed by atoms with Gasteiger partial charge < -0.3 is 10.4 Å². The largest absolute Gasteiger partial charge is 0.393 e. The molecule has 16 heavy (non-hydrogen) atoms. The molecule has 3 heteroatoms. The Bertz CT molecular complexity index is 286. The van der Waals surface area contributed by atoms with Crippen LogP contribution in [0.1, 0.15) is 37.7 Å². The van der Waals surface area contributed by atoms with E-state index in [-0.39, 0.29) is 6.10 Å². The maximum atomic E-state index is 9.68. The van der Waals surface area contributed by atoms with Gasteiger partial charge in [-0.15, -0.1) is 0 Å². The lowest BCUT2D eigenvalue weighted by Gasteiger charge is -2.13. The average molecular weight is 239 g/mol. The normalized spacial score (nSPS) is 25.1. The molecule has 0 radical (unpaired) electrons. The Morgan fingerprint density at radius 3 is 3.06 bits per heavy atom. The molecule has 0 aromatic carbocycles. The van der Waals surface area contributed by atoms with Crippen LogP contribution in [0.4, 0.5) is 0 Å². The van der Waals surface area contributed by atoms with E-state index in [0.717, 1.165) is 19.5 Å². The molecule has 1 fully saturated rings. The van der Waals surface area contributed by atoms with Crippen LogP contribution in [0.3, 0.4) is 0 Å². The summed E-state index contributed by atoms with van der Waals surface area (Å²) < 4.78 is 0. The fourth-order valence-corrected chi connectivity index (χ4v) is 3.14. The second-order valence-corrected chi connectivity index (χ2v) is 5.49. The third kappa shape index (κ3) is 3.58. The number of aliphatic hydroxyl groups is 1. The summed E-state index contributed by atoms with van der Waals surface area (Å²) in [5, 5.41) is 17.4. The summed E-state index contributed by atoms with van der Waals surface area (Å²) in [5.74, 6) is 0.572. The van der Waals surface area contributed by atoms with E-state index in [0.29, 0.717) is 5.92 Å². The van der Waals surface area contributed by atoms with E-state index in [1.54, 1.807) is 11.3 Å². The smallest absolute Gasteiger partial charge is 0.0568 e. The molecule has 2 nitrogen and oxygen atoms in total. The van der Waals surface area contributed by atoms with Crippen LogP contribution in [-0.4, -0.2) is 17.8 Å². The Balaban J connectivity index is 1.52. The van der Waals surface area contributed by atoms with E-state index < -0.39 is 0 Å². The molecule has 1 aliphatic rings. The minimum atomic E-state index is -0.0168. The van der Waals surface area contributed by atoms with Gasteiger partial charge in [0.05, 0.1) is 6.10 Å². The van der Waals surface area contributed by atoms with E-state index in [9.17, 15) is 5.11 Å². The summed E-state index contributed by atoms with van der Waals surface area (Å²) in [6.07, 6.45) is 5.81. The highest BCUT2D eigenvalue weighted by atomic mass is 32.1. The Labute approximate surface area is 102 Å². The molecule has 90 valence electrons. The number of nitrogens with one attached hydrogen (secondary N) is 1. The molecule has 2 unspecified atom stereocenters. The second-order valence-electron chi connectivity index (χ2n) is 4.71. The first-order chi connectivity index (χ1) is 7.86. The van der Waals surface area contributed by atoms with Crippen molar-refractivity contribution in [2.24, 2.45) is 5.92 Å². The highest BCUT2D eigenvalue weighted by Gasteiger charge is 2.24. The molecule has 2 rings (SSSR count). The van der Waals surface area contributed by atoms with Crippen molar-refractivity contribution in [3.05, 3.63) is 22.4 Å². The van der Waals surface area contributed by atoms with Gasteiger partial charge in [-0.05, 0) is 60.5 Å². The maximum Gasteiger partial charge on any atom is 0.0568 e. The Hall–Kier alpha value is -0.380. The minimum Gasteiger partial charge on any atom is -0.393 e. The van der Waals surface area contributed by atoms with Crippen LogP contribution in [0.15, 0.2) is 16.8 Å². The van der Waals surface area contributed by atoms with Crippen LogP contribution in [0, 0.1) is 5.92 Å². The summed E-state index contributed by atoms with van der Waals surface area (Å²) in [6, 6.07) is 2.17. The molecule has 0 spiro atoms. The highest BCUT2D eigenvalue weighted by molar-refractivity contribution is 7.07. The quantitative estimate of drug-likeness (QED) is 0.748. The Morgan fingerprint density at radius 1 is 1.44 bits per heavy atom. The lowest BCUT2D eigenvalue weighted by molar-refractivity contribution is 0.127. The number of rotatable bonds is 6. The van der Waals surface area contributed by atoms with E-state index in [1.807, 2.05) is 0 Å². The fourth-order valence-electron chi connectivity index (χ4n) is 2.47. The van der Waals surface area contributed by atoms with Gasteiger partial charge in [-0.3, -0.25) is 0 Å². The average Bonchev–Trinajstić information content (AvgIpc) is 2.90. The summed E-state index contributed by atoms with van der Waals surface area (Å²) in [5.41, 5.74) is 1.38. The second kappa shape index (κ2) is 6.38. The van der Waals surface area contributed by atoms with E-state index in [4.69, 9.17) is 0 Å². The molecule has 1 aromatic heterocycles. The zero-order valence-electron chi connectivity index (χ0n) is 9.69. The van der Waals surface area contributed by atoms with E-state index in [2.05, 4.69) is 22.1 Å². The van der Waals surface area contributed by atoms with Crippen LogP contribution in [0.5, 0.6) is 0 Å². The summed E-state index contributed by atoms with van der Waals surface area (Å²) >= 11 is 1.75. The Morgan fingerprint density at radius 2 is 2.38 bits per heavy atom. The molecule has 0 aliphatic heterocycles. The molecular weight excluding hydrogens is 218 g/mol. The molecule has 0 bridgehead atoms. The van der Waals surface area contributed by atoms with Crippen LogP contribution in [0.2, 0.25) is 0 Å². The highest BCUT2D eigenvalue weighted by Crippen LogP contribution is 2.28. The standard InChI is InChI=1S/C13H21NOS/c15-13-5-1-3-12(13)4-2-7-14-9-11-6-8-16-10-11/h6,8,10,12-15H,1-5,7,9H2. The number of thiophene rings is 1. The third-order valence-corrected chi connectivity index (χ3v) is 4.19. The van der Waals surface area contributed by atoms with Gasteiger partial charge in [0, 0.05) is 6.54 Å². The van der Waals surface area contributed by atoms with Gasteiger partial charge >= 0.3 is 0 Å². The van der Waals surface area contributed by atoms with Crippen molar-refractivity contribution < 1.29 is 5.11 Å². The van der Waals surface area contributed by atoms with Gasteiger partial charge in [0.1, 0.15) is 0 Å². The van der Waals surface area contributed by atoms with Crippen molar-refractivity contribution in [3.63, 3.8) is 0 Å². The first-order valence-corrected chi connectivity index (χ1v) is 7.20. The molecule has 2 N–H and O–H groups in total. The van der Waals surface area contributed by atoms with Crippen molar-refractivity contribution >= 4 is 11.3 Å².